The molecular formula is C19H21F2NO4. The zero-order valence-corrected chi connectivity index (χ0v) is 14.3. The number of hydrogen-bond acceptors (Lipinski definition) is 5. The average molecular weight is 365 g/mol. The number of rotatable bonds is 9. The number of aromatic nitrogens is 1. The lowest BCUT2D eigenvalue weighted by Crippen LogP contribution is -2.08. The van der Waals surface area contributed by atoms with Gasteiger partial charge in [-0.1, -0.05) is 35.5 Å². The molecule has 7 heteroatoms. The van der Waals surface area contributed by atoms with Crippen LogP contribution in [0.3, 0.4) is 0 Å². The normalized spacial score (nSPS) is 17.1. The molecule has 1 saturated heterocycles. The first kappa shape index (κ1) is 18.7. The van der Waals surface area contributed by atoms with E-state index >= 15 is 0 Å². The second-order valence-electron chi connectivity index (χ2n) is 6.34. The minimum absolute atomic E-state index is 0.0940. The van der Waals surface area contributed by atoms with Gasteiger partial charge in [0.1, 0.15) is 6.61 Å². The molecule has 2 aromatic rings. The van der Waals surface area contributed by atoms with Gasteiger partial charge >= 0.3 is 0 Å². The van der Waals surface area contributed by atoms with Crippen molar-refractivity contribution in [2.24, 2.45) is 5.92 Å². The van der Waals surface area contributed by atoms with Crippen LogP contribution in [0.4, 0.5) is 8.78 Å². The van der Waals surface area contributed by atoms with E-state index in [4.69, 9.17) is 14.0 Å². The van der Waals surface area contributed by atoms with Crippen molar-refractivity contribution in [3.63, 3.8) is 0 Å². The Kier molecular flexibility index (Phi) is 6.46. The molecule has 0 saturated carbocycles. The van der Waals surface area contributed by atoms with Crippen molar-refractivity contribution in [1.29, 1.82) is 0 Å². The van der Waals surface area contributed by atoms with Crippen molar-refractivity contribution in [3.05, 3.63) is 52.9 Å². The highest BCUT2D eigenvalue weighted by atomic mass is 19.3. The predicted octanol–water partition coefficient (Wildman–Crippen LogP) is 4.33. The van der Waals surface area contributed by atoms with E-state index in [1.165, 1.54) is 0 Å². The Morgan fingerprint density at radius 2 is 2.08 bits per heavy atom. The van der Waals surface area contributed by atoms with Gasteiger partial charge in [0.25, 0.3) is 6.43 Å². The summed E-state index contributed by atoms with van der Waals surface area (Å²) in [6.45, 7) is 1.40. The summed E-state index contributed by atoms with van der Waals surface area (Å²) >= 11 is 0. The van der Waals surface area contributed by atoms with Crippen LogP contribution in [0.25, 0.3) is 0 Å². The summed E-state index contributed by atoms with van der Waals surface area (Å²) in [7, 11) is 0. The van der Waals surface area contributed by atoms with E-state index in [0.717, 1.165) is 12.0 Å². The molecule has 0 aliphatic carbocycles. The van der Waals surface area contributed by atoms with Gasteiger partial charge in [0.15, 0.2) is 17.2 Å². The van der Waals surface area contributed by atoms with Gasteiger partial charge in [-0.25, -0.2) is 8.78 Å². The molecule has 140 valence electrons. The van der Waals surface area contributed by atoms with Crippen molar-refractivity contribution in [1.82, 2.24) is 5.16 Å². The molecule has 2 heterocycles. The van der Waals surface area contributed by atoms with Crippen molar-refractivity contribution in [3.8, 4) is 0 Å². The number of halogens is 2. The Balaban J connectivity index is 1.60. The molecule has 0 radical (unpaired) electrons. The summed E-state index contributed by atoms with van der Waals surface area (Å²) in [5, 5.41) is 3.59. The highest BCUT2D eigenvalue weighted by Gasteiger charge is 2.29. The number of ketones is 1. The quantitative estimate of drug-likeness (QED) is 0.619. The largest absolute Gasteiger partial charge is 0.381 e. The number of benzene rings is 1. The van der Waals surface area contributed by atoms with Crippen LogP contribution >= 0.6 is 0 Å². The molecule has 5 nitrogen and oxygen atoms in total. The Morgan fingerprint density at radius 3 is 2.77 bits per heavy atom. The summed E-state index contributed by atoms with van der Waals surface area (Å²) in [6.07, 6.45) is -1.18. The molecule has 1 aromatic heterocycles. The van der Waals surface area contributed by atoms with E-state index in [1.54, 1.807) is 0 Å². The van der Waals surface area contributed by atoms with Gasteiger partial charge in [-0.2, -0.15) is 0 Å². The highest BCUT2D eigenvalue weighted by molar-refractivity contribution is 5.95. The third-order valence-corrected chi connectivity index (χ3v) is 4.43. The molecule has 0 bridgehead atoms. The lowest BCUT2D eigenvalue weighted by Gasteiger charge is -2.06. The molecule has 1 atom stereocenters. The number of carbonyl (C=O) groups excluding carboxylic acids is 1. The van der Waals surface area contributed by atoms with Crippen LogP contribution in [0.5, 0.6) is 0 Å². The average Bonchev–Trinajstić information content (AvgIpc) is 3.30. The molecule has 1 unspecified atom stereocenters. The van der Waals surface area contributed by atoms with E-state index in [9.17, 15) is 13.6 Å². The zero-order chi connectivity index (χ0) is 18.4. The van der Waals surface area contributed by atoms with Crippen LogP contribution < -0.4 is 0 Å². The fraction of sp³-hybridized carbons (Fsp3) is 0.474. The maximum atomic E-state index is 13.4. The second-order valence-corrected chi connectivity index (χ2v) is 6.34. The molecule has 0 N–H and O–H groups in total. The molecule has 1 aromatic carbocycles. The third-order valence-electron chi connectivity index (χ3n) is 4.43. The minimum Gasteiger partial charge on any atom is -0.381 e. The summed E-state index contributed by atoms with van der Waals surface area (Å²) in [6, 6.07) is 9.35. The first-order chi connectivity index (χ1) is 12.6. The maximum absolute atomic E-state index is 13.4. The summed E-state index contributed by atoms with van der Waals surface area (Å²) in [4.78, 5) is 12.3. The van der Waals surface area contributed by atoms with Crippen LogP contribution in [0.2, 0.25) is 0 Å². The molecular weight excluding hydrogens is 344 g/mol. The van der Waals surface area contributed by atoms with Gasteiger partial charge in [-0.3, -0.25) is 4.79 Å². The second kappa shape index (κ2) is 9.00. The molecule has 0 amide bonds. The SMILES string of the molecule is O=C(CCC1CCOC1)c1noc(COCc2ccccc2)c1C(F)F. The number of hydrogen-bond donors (Lipinski definition) is 0. The van der Waals surface area contributed by atoms with Gasteiger partial charge < -0.3 is 14.0 Å². The van der Waals surface area contributed by atoms with Gasteiger partial charge in [-0.15, -0.1) is 0 Å². The summed E-state index contributed by atoms with van der Waals surface area (Å²) < 4.78 is 42.6. The minimum atomic E-state index is -2.84. The number of carbonyl (C=O) groups is 1. The van der Waals surface area contributed by atoms with Gasteiger partial charge in [0.05, 0.1) is 12.2 Å². The monoisotopic (exact) mass is 365 g/mol. The van der Waals surface area contributed by atoms with Gasteiger partial charge in [0, 0.05) is 19.6 Å². The van der Waals surface area contributed by atoms with Gasteiger partial charge in [-0.05, 0) is 24.3 Å². The Labute approximate surface area is 150 Å². The smallest absolute Gasteiger partial charge is 0.269 e. The molecule has 3 rings (SSSR count). The maximum Gasteiger partial charge on any atom is 0.269 e. The third kappa shape index (κ3) is 4.74. The van der Waals surface area contributed by atoms with Crippen molar-refractivity contribution >= 4 is 5.78 Å². The van der Waals surface area contributed by atoms with Crippen LogP contribution in [-0.4, -0.2) is 24.2 Å². The van der Waals surface area contributed by atoms with Crippen LogP contribution in [0.1, 0.15) is 53.1 Å². The van der Waals surface area contributed by atoms with Crippen molar-refractivity contribution < 1.29 is 27.6 Å². The Morgan fingerprint density at radius 1 is 1.27 bits per heavy atom. The Hall–Kier alpha value is -2.12. The van der Waals surface area contributed by atoms with Gasteiger partial charge in [0.2, 0.25) is 0 Å². The fourth-order valence-electron chi connectivity index (χ4n) is 2.96. The van der Waals surface area contributed by atoms with E-state index < -0.39 is 17.8 Å². The number of alkyl halides is 2. The van der Waals surface area contributed by atoms with E-state index in [2.05, 4.69) is 5.16 Å². The number of Topliss-reactive ketones (excluding diaryl/α,β-unsaturated/α-hetero) is 1. The van der Waals surface area contributed by atoms with E-state index in [1.807, 2.05) is 30.3 Å². The fourth-order valence-corrected chi connectivity index (χ4v) is 2.96. The molecule has 1 fully saturated rings. The number of ether oxygens (including phenoxy) is 2. The van der Waals surface area contributed by atoms with Crippen LogP contribution in [0.15, 0.2) is 34.9 Å². The topological polar surface area (TPSA) is 61.6 Å². The van der Waals surface area contributed by atoms with E-state index in [0.29, 0.717) is 25.6 Å². The molecule has 1 aliphatic heterocycles. The first-order valence-corrected chi connectivity index (χ1v) is 8.64. The molecule has 1 aliphatic rings. The van der Waals surface area contributed by atoms with Crippen LogP contribution in [0, 0.1) is 5.92 Å². The Bertz CT molecular complexity index is 712. The standard InChI is InChI=1S/C19H21F2NO4/c20-19(21)17-16(12-25-11-13-4-2-1-3-5-13)26-22-18(17)15(23)7-6-14-8-9-24-10-14/h1-5,14,19H,6-12H2. The van der Waals surface area contributed by atoms with E-state index in [-0.39, 0.29) is 31.1 Å². The zero-order valence-electron chi connectivity index (χ0n) is 14.3. The number of nitrogens with zero attached hydrogens (tertiary/aromatic N) is 1. The first-order valence-electron chi connectivity index (χ1n) is 8.64. The summed E-state index contributed by atoms with van der Waals surface area (Å²) in [5.74, 6) is -0.219. The molecule has 26 heavy (non-hydrogen) atoms. The lowest BCUT2D eigenvalue weighted by atomic mass is 9.98. The van der Waals surface area contributed by atoms with Crippen molar-refractivity contribution in [2.75, 3.05) is 13.2 Å². The lowest BCUT2D eigenvalue weighted by molar-refractivity contribution is 0.0816. The van der Waals surface area contributed by atoms with Crippen molar-refractivity contribution in [2.45, 2.75) is 38.9 Å². The molecule has 0 spiro atoms. The highest BCUT2D eigenvalue weighted by Crippen LogP contribution is 2.29. The predicted molar refractivity (Wildman–Crippen MR) is 88.9 cm³/mol. The van der Waals surface area contributed by atoms with Crippen LogP contribution in [-0.2, 0) is 22.7 Å². The summed E-state index contributed by atoms with van der Waals surface area (Å²) in [5.41, 5.74) is 0.184.